The van der Waals surface area contributed by atoms with E-state index in [4.69, 9.17) is 36.3 Å². The van der Waals surface area contributed by atoms with Crippen molar-refractivity contribution >= 4 is 120 Å². The lowest BCUT2D eigenvalue weighted by atomic mass is 9.99. The zero-order valence-electron chi connectivity index (χ0n) is 46.2. The van der Waals surface area contributed by atoms with Crippen LogP contribution in [0.5, 0.6) is 0 Å². The molecule has 0 amide bonds. The predicted octanol–water partition coefficient (Wildman–Crippen LogP) is 19.7. The third kappa shape index (κ3) is 10.8. The first-order valence-electron chi connectivity index (χ1n) is 27.7. The van der Waals surface area contributed by atoms with Gasteiger partial charge >= 0.3 is 0 Å². The lowest BCUT2D eigenvalue weighted by Gasteiger charge is -2.10. The van der Waals surface area contributed by atoms with E-state index in [9.17, 15) is 0 Å². The minimum absolute atomic E-state index is 0.00775. The molecule has 0 fully saturated rings. The van der Waals surface area contributed by atoms with Gasteiger partial charge in [0.25, 0.3) is 23.3 Å². The molecule has 5 heterocycles. The molecule has 11 nitrogen and oxygen atoms in total. The predicted molar refractivity (Wildman–Crippen MR) is 361 cm³/mol. The molecule has 3 aromatic heterocycles. The normalized spacial score (nSPS) is 13.2. The second-order valence-electron chi connectivity index (χ2n) is 20.4. The molecule has 0 saturated carbocycles. The summed E-state index contributed by atoms with van der Waals surface area (Å²) in [6, 6.07) is 82.5. The largest absolute Gasteiger partial charge is 0.370 e. The number of para-hydroxylation sites is 6. The van der Waals surface area contributed by atoms with Crippen LogP contribution in [0.25, 0.3) is 96.2 Å². The Balaban J connectivity index is 0.000000151. The third-order valence-corrected chi connectivity index (χ3v) is 16.4. The number of hydrogen-bond donors (Lipinski definition) is 1. The molecule has 0 saturated heterocycles. The Morgan fingerprint density at radius 1 is 0.299 bits per heavy atom. The molecule has 0 unspecified atom stereocenters. The van der Waals surface area contributed by atoms with Crippen LogP contribution in [0, 0.1) is 26.3 Å². The van der Waals surface area contributed by atoms with Gasteiger partial charge in [-0.3, -0.25) is 0 Å². The van der Waals surface area contributed by atoms with Gasteiger partial charge in [0.1, 0.15) is 22.8 Å². The number of halogens is 2. The molecule has 2 aliphatic rings. The first-order chi connectivity index (χ1) is 42.8. The SMILES string of the molecule is [C-]#[N+]C1=C([N+]#[C-])N=C(c2ccc(-n3c4ccccc4c4ccccc43)cc2)CC(c2ccc(-n3c4ccccc4c4ccccc43)cc2)=N1.[C-]#[N+]C1=C([N+]#[C-])N=C(c2ccc(Br)cc2)CC(c2ccc(Br)cc2)=N1.c1ccc2c(c1)[nH]c1ccccc12. The molecule has 2 aliphatic heterocycles. The first-order valence-corrected chi connectivity index (χ1v) is 29.3. The van der Waals surface area contributed by atoms with Gasteiger partial charge in [0.2, 0.25) is 0 Å². The van der Waals surface area contributed by atoms with E-state index in [2.05, 4.69) is 245 Å². The van der Waals surface area contributed by atoms with Crippen LogP contribution in [0.4, 0.5) is 0 Å². The summed E-state index contributed by atoms with van der Waals surface area (Å²) in [5, 5.41) is 7.44. The summed E-state index contributed by atoms with van der Waals surface area (Å²) >= 11 is 6.84. The lowest BCUT2D eigenvalue weighted by Crippen LogP contribution is -2.10. The smallest absolute Gasteiger partial charge is 0.293 e. The fraction of sp³-hybridized carbons (Fsp3) is 0.0270. The van der Waals surface area contributed by atoms with Crippen LogP contribution >= 0.6 is 31.9 Å². The Labute approximate surface area is 517 Å². The molecule has 410 valence electrons. The molecule has 10 aromatic carbocycles. The van der Waals surface area contributed by atoms with Crippen LogP contribution in [0.3, 0.4) is 0 Å². The molecule has 0 atom stereocenters. The summed E-state index contributed by atoms with van der Waals surface area (Å²) < 4.78 is 6.48. The van der Waals surface area contributed by atoms with Gasteiger partial charge in [0, 0.05) is 85.9 Å². The molecule has 0 radical (unpaired) electrons. The summed E-state index contributed by atoms with van der Waals surface area (Å²) in [5.41, 5.74) is 15.5. The van der Waals surface area contributed by atoms with Gasteiger partial charge in [-0.2, -0.15) is 0 Å². The van der Waals surface area contributed by atoms with Gasteiger partial charge in [-0.1, -0.05) is 167 Å². The average molecular weight is 1250 g/mol. The summed E-state index contributed by atoms with van der Waals surface area (Å²) in [6.45, 7) is 30.3. The zero-order chi connectivity index (χ0) is 59.4. The standard InChI is InChI=1S/C43H26N6.C19H10Br2N4.C12H9N/c1-44-42-43(45-2)47-37(29-21-25-31(26-22-29)49-40-17-9-5-13-34(40)35-14-6-10-18-41(35)49)27-36(46-42)28-19-23-30(24-20-28)48-38-15-7-3-11-32(38)33-12-4-8-16-39(33)48;1-22-18-19(23-2)25-17(13-5-9-15(21)10-6-13)11-16(24-18)12-3-7-14(20)8-4-12;1-3-7-11-9(5-1)10-6-2-4-8-12(10)13-11/h3-26H,27H2;3-10H,11H2;1-8,13H. The first kappa shape index (κ1) is 54.9. The Morgan fingerprint density at radius 2 is 0.540 bits per heavy atom. The maximum atomic E-state index is 7.81. The van der Waals surface area contributed by atoms with E-state index in [0.29, 0.717) is 24.3 Å². The van der Waals surface area contributed by atoms with E-state index < -0.39 is 0 Å². The number of aliphatic imine (C=N–C) groups is 4. The Kier molecular flexibility index (Phi) is 15.2. The van der Waals surface area contributed by atoms with Crippen molar-refractivity contribution in [3.8, 4) is 11.4 Å². The minimum Gasteiger partial charge on any atom is -0.370 e. The highest BCUT2D eigenvalue weighted by Crippen LogP contribution is 2.35. The lowest BCUT2D eigenvalue weighted by molar-refractivity contribution is 1.18. The number of nitrogens with zero attached hydrogens (tertiary/aromatic N) is 10. The number of aromatic amines is 1. The quantitative estimate of drug-likeness (QED) is 0.161. The van der Waals surface area contributed by atoms with E-state index in [0.717, 1.165) is 76.1 Å². The zero-order valence-corrected chi connectivity index (χ0v) is 49.4. The van der Waals surface area contributed by atoms with Crippen molar-refractivity contribution in [3.63, 3.8) is 0 Å². The van der Waals surface area contributed by atoms with Crippen molar-refractivity contribution in [2.75, 3.05) is 0 Å². The third-order valence-electron chi connectivity index (χ3n) is 15.3. The van der Waals surface area contributed by atoms with E-state index in [1.807, 2.05) is 72.8 Å². The van der Waals surface area contributed by atoms with Gasteiger partial charge in [0.15, 0.2) is 0 Å². The Bertz CT molecular complexity index is 4830. The van der Waals surface area contributed by atoms with Crippen molar-refractivity contribution in [1.82, 2.24) is 14.1 Å². The number of nitrogens with one attached hydrogen (secondary N) is 1. The van der Waals surface area contributed by atoms with Crippen molar-refractivity contribution in [2.24, 2.45) is 20.0 Å². The van der Waals surface area contributed by atoms with Crippen LogP contribution < -0.4 is 0 Å². The number of rotatable bonds is 6. The summed E-state index contributed by atoms with van der Waals surface area (Å²) in [4.78, 5) is 35.7. The van der Waals surface area contributed by atoms with Gasteiger partial charge in [-0.15, -0.1) is 20.0 Å². The van der Waals surface area contributed by atoms with E-state index in [-0.39, 0.29) is 23.3 Å². The number of benzene rings is 10. The van der Waals surface area contributed by atoms with Gasteiger partial charge in [0.05, 0.1) is 34.9 Å². The van der Waals surface area contributed by atoms with Crippen LogP contribution in [0.1, 0.15) is 35.1 Å². The van der Waals surface area contributed by atoms with E-state index in [1.54, 1.807) is 0 Å². The maximum absolute atomic E-state index is 7.81. The van der Waals surface area contributed by atoms with Crippen molar-refractivity contribution in [3.05, 3.63) is 343 Å². The topological polar surface area (TPSA) is 92.5 Å². The molecule has 0 spiro atoms. The molecule has 1 N–H and O–H groups in total. The summed E-state index contributed by atoms with van der Waals surface area (Å²) in [7, 11) is 0. The van der Waals surface area contributed by atoms with Crippen LogP contribution in [0.15, 0.2) is 295 Å². The average Bonchev–Trinajstić information content (AvgIpc) is 2.93. The van der Waals surface area contributed by atoms with Crippen molar-refractivity contribution in [2.45, 2.75) is 12.8 Å². The fourth-order valence-corrected chi connectivity index (χ4v) is 11.8. The molecule has 13 heteroatoms. The van der Waals surface area contributed by atoms with Gasteiger partial charge in [-0.05, 0) is 133 Å². The second-order valence-corrected chi connectivity index (χ2v) is 22.2. The molecule has 87 heavy (non-hydrogen) atoms. The van der Waals surface area contributed by atoms with E-state index in [1.165, 1.54) is 43.4 Å². The second kappa shape index (κ2) is 24.1. The number of H-pyrrole nitrogens is 1. The maximum Gasteiger partial charge on any atom is 0.293 e. The minimum atomic E-state index is 0.00775. The highest BCUT2D eigenvalue weighted by molar-refractivity contribution is 9.10. The molecule has 13 aromatic rings. The molecule has 15 rings (SSSR count). The summed E-state index contributed by atoms with van der Waals surface area (Å²) in [6.07, 6.45) is 0.822. The highest BCUT2D eigenvalue weighted by atomic mass is 79.9. The van der Waals surface area contributed by atoms with Crippen LogP contribution in [0.2, 0.25) is 0 Å². The molecular formula is C74H45Br2N11. The van der Waals surface area contributed by atoms with Gasteiger partial charge in [-0.25, -0.2) is 0 Å². The van der Waals surface area contributed by atoms with Gasteiger partial charge < -0.3 is 33.5 Å². The highest BCUT2D eigenvalue weighted by Gasteiger charge is 2.26. The van der Waals surface area contributed by atoms with Crippen molar-refractivity contribution < 1.29 is 0 Å². The number of fused-ring (bicyclic) bond motifs is 9. The number of hydrogen-bond acceptors (Lipinski definition) is 4. The van der Waals surface area contributed by atoms with Crippen LogP contribution in [-0.4, -0.2) is 37.0 Å². The summed E-state index contributed by atoms with van der Waals surface area (Å²) in [5.74, 6) is 0.0711. The van der Waals surface area contributed by atoms with Crippen molar-refractivity contribution in [1.29, 1.82) is 0 Å². The Morgan fingerprint density at radius 3 is 0.816 bits per heavy atom. The van der Waals surface area contributed by atoms with Crippen LogP contribution in [-0.2, 0) is 0 Å². The molecule has 0 bridgehead atoms. The van der Waals surface area contributed by atoms with E-state index >= 15 is 0 Å². The fourth-order valence-electron chi connectivity index (χ4n) is 11.2. The molecule has 0 aliphatic carbocycles. The Hall–Kier alpha value is -11.3. The molecular weight excluding hydrogens is 1200 g/mol. The number of aromatic nitrogens is 3. The monoisotopic (exact) mass is 1250 g/mol.